The number of hydrogen-bond donors (Lipinski definition) is 0. The molecular formula is C13H14S. The first-order valence-electron chi connectivity index (χ1n) is 4.85. The van der Waals surface area contributed by atoms with Gasteiger partial charge in [0.05, 0.1) is 0 Å². The summed E-state index contributed by atoms with van der Waals surface area (Å²) in [6.45, 7) is 4.38. The molecule has 1 heteroatoms. The standard InChI is InChI=1S/C13H14S/c1-10-8-13(11(2)14-10)9-12-6-4-3-5-7-12/h3-8H,9H2,1-2H3. The van der Waals surface area contributed by atoms with E-state index in [0.717, 1.165) is 6.42 Å². The highest BCUT2D eigenvalue weighted by molar-refractivity contribution is 7.12. The lowest BCUT2D eigenvalue weighted by atomic mass is 10.1. The molecular weight excluding hydrogens is 188 g/mol. The van der Waals surface area contributed by atoms with Crippen LogP contribution in [0.4, 0.5) is 0 Å². The molecule has 72 valence electrons. The van der Waals surface area contributed by atoms with Gasteiger partial charge < -0.3 is 0 Å². The Morgan fingerprint density at radius 1 is 1.07 bits per heavy atom. The summed E-state index contributed by atoms with van der Waals surface area (Å²) in [4.78, 5) is 2.86. The summed E-state index contributed by atoms with van der Waals surface area (Å²) in [7, 11) is 0. The Bertz CT molecular complexity index is 412. The van der Waals surface area contributed by atoms with Gasteiger partial charge in [-0.1, -0.05) is 30.3 Å². The van der Waals surface area contributed by atoms with Gasteiger partial charge in [-0.3, -0.25) is 0 Å². The second-order valence-corrected chi connectivity index (χ2v) is 5.06. The molecule has 2 aromatic rings. The molecule has 1 heterocycles. The first-order chi connectivity index (χ1) is 6.75. The summed E-state index contributed by atoms with van der Waals surface area (Å²) < 4.78 is 0. The normalized spacial score (nSPS) is 10.4. The van der Waals surface area contributed by atoms with E-state index in [1.165, 1.54) is 20.9 Å². The van der Waals surface area contributed by atoms with Crippen LogP contribution in [0, 0.1) is 13.8 Å². The molecule has 0 saturated carbocycles. The van der Waals surface area contributed by atoms with Crippen molar-refractivity contribution in [1.82, 2.24) is 0 Å². The van der Waals surface area contributed by atoms with E-state index in [0.29, 0.717) is 0 Å². The molecule has 0 fully saturated rings. The minimum absolute atomic E-state index is 1.07. The smallest absolute Gasteiger partial charge is 0.00524 e. The Morgan fingerprint density at radius 2 is 1.79 bits per heavy atom. The van der Waals surface area contributed by atoms with Gasteiger partial charge in [0.15, 0.2) is 0 Å². The lowest BCUT2D eigenvalue weighted by Gasteiger charge is -1.99. The van der Waals surface area contributed by atoms with Crippen molar-refractivity contribution in [2.24, 2.45) is 0 Å². The summed E-state index contributed by atoms with van der Waals surface area (Å²) >= 11 is 1.89. The fourth-order valence-electron chi connectivity index (χ4n) is 1.67. The zero-order valence-electron chi connectivity index (χ0n) is 8.58. The van der Waals surface area contributed by atoms with Crippen molar-refractivity contribution in [3.05, 3.63) is 57.3 Å². The molecule has 14 heavy (non-hydrogen) atoms. The fraction of sp³-hybridized carbons (Fsp3) is 0.231. The predicted molar refractivity (Wildman–Crippen MR) is 63.0 cm³/mol. The third kappa shape index (κ3) is 2.05. The summed E-state index contributed by atoms with van der Waals surface area (Å²) in [5.74, 6) is 0. The van der Waals surface area contributed by atoms with E-state index in [4.69, 9.17) is 0 Å². The van der Waals surface area contributed by atoms with Gasteiger partial charge in [0.25, 0.3) is 0 Å². The average molecular weight is 202 g/mol. The second kappa shape index (κ2) is 3.97. The van der Waals surface area contributed by atoms with Crippen LogP contribution >= 0.6 is 11.3 Å². The van der Waals surface area contributed by atoms with Crippen LogP contribution in [-0.2, 0) is 6.42 Å². The van der Waals surface area contributed by atoms with E-state index < -0.39 is 0 Å². The minimum atomic E-state index is 1.07. The zero-order valence-corrected chi connectivity index (χ0v) is 9.40. The maximum absolute atomic E-state index is 2.30. The molecule has 0 atom stereocenters. The van der Waals surface area contributed by atoms with Crippen molar-refractivity contribution < 1.29 is 0 Å². The van der Waals surface area contributed by atoms with Crippen molar-refractivity contribution in [1.29, 1.82) is 0 Å². The van der Waals surface area contributed by atoms with Gasteiger partial charge in [-0.05, 0) is 37.5 Å². The van der Waals surface area contributed by atoms with Crippen LogP contribution in [0.2, 0.25) is 0 Å². The maximum atomic E-state index is 2.30. The van der Waals surface area contributed by atoms with E-state index in [1.54, 1.807) is 0 Å². The summed E-state index contributed by atoms with van der Waals surface area (Å²) in [5, 5.41) is 0. The highest BCUT2D eigenvalue weighted by Crippen LogP contribution is 2.22. The van der Waals surface area contributed by atoms with Crippen LogP contribution in [0.5, 0.6) is 0 Å². The summed E-state index contributed by atoms with van der Waals surface area (Å²) in [6.07, 6.45) is 1.07. The topological polar surface area (TPSA) is 0 Å². The van der Waals surface area contributed by atoms with Crippen molar-refractivity contribution >= 4 is 11.3 Å². The van der Waals surface area contributed by atoms with Gasteiger partial charge in [-0.25, -0.2) is 0 Å². The minimum Gasteiger partial charge on any atom is -0.146 e. The molecule has 0 unspecified atom stereocenters. The average Bonchev–Trinajstić information content (AvgIpc) is 2.47. The van der Waals surface area contributed by atoms with E-state index in [9.17, 15) is 0 Å². The predicted octanol–water partition coefficient (Wildman–Crippen LogP) is 3.96. The molecule has 0 aliphatic rings. The zero-order chi connectivity index (χ0) is 9.97. The molecule has 1 aromatic heterocycles. The maximum Gasteiger partial charge on any atom is 0.00524 e. The molecule has 0 N–H and O–H groups in total. The molecule has 2 rings (SSSR count). The SMILES string of the molecule is Cc1cc(Cc2ccccc2)c(C)s1. The number of hydrogen-bond acceptors (Lipinski definition) is 1. The van der Waals surface area contributed by atoms with Crippen LogP contribution in [-0.4, -0.2) is 0 Å². The van der Waals surface area contributed by atoms with Crippen molar-refractivity contribution in [2.45, 2.75) is 20.3 Å². The van der Waals surface area contributed by atoms with Gasteiger partial charge in [0.1, 0.15) is 0 Å². The molecule has 0 amide bonds. The van der Waals surface area contributed by atoms with Crippen LogP contribution in [0.1, 0.15) is 20.9 Å². The van der Waals surface area contributed by atoms with Gasteiger partial charge in [-0.2, -0.15) is 0 Å². The van der Waals surface area contributed by atoms with Crippen molar-refractivity contribution in [3.8, 4) is 0 Å². The van der Waals surface area contributed by atoms with Crippen LogP contribution in [0.3, 0.4) is 0 Å². The van der Waals surface area contributed by atoms with Gasteiger partial charge >= 0.3 is 0 Å². The van der Waals surface area contributed by atoms with Crippen LogP contribution in [0.15, 0.2) is 36.4 Å². The highest BCUT2D eigenvalue weighted by atomic mass is 32.1. The van der Waals surface area contributed by atoms with Crippen LogP contribution in [0.25, 0.3) is 0 Å². The Balaban J connectivity index is 2.23. The third-order valence-corrected chi connectivity index (χ3v) is 3.39. The molecule has 0 bridgehead atoms. The van der Waals surface area contributed by atoms with Crippen molar-refractivity contribution in [2.75, 3.05) is 0 Å². The van der Waals surface area contributed by atoms with E-state index in [1.807, 2.05) is 11.3 Å². The van der Waals surface area contributed by atoms with Gasteiger partial charge in [0, 0.05) is 9.75 Å². The van der Waals surface area contributed by atoms with Crippen molar-refractivity contribution in [3.63, 3.8) is 0 Å². The highest BCUT2D eigenvalue weighted by Gasteiger charge is 2.02. The molecule has 1 aromatic carbocycles. The first-order valence-corrected chi connectivity index (χ1v) is 5.67. The number of thiophene rings is 1. The second-order valence-electron chi connectivity index (χ2n) is 3.60. The monoisotopic (exact) mass is 202 g/mol. The van der Waals surface area contributed by atoms with E-state index in [2.05, 4.69) is 50.2 Å². The lowest BCUT2D eigenvalue weighted by Crippen LogP contribution is -1.86. The molecule has 0 aliphatic heterocycles. The number of aryl methyl sites for hydroxylation is 2. The number of rotatable bonds is 2. The Labute approximate surface area is 89.2 Å². The molecule has 0 nitrogen and oxygen atoms in total. The van der Waals surface area contributed by atoms with E-state index in [-0.39, 0.29) is 0 Å². The van der Waals surface area contributed by atoms with Gasteiger partial charge in [0.2, 0.25) is 0 Å². The van der Waals surface area contributed by atoms with Crippen LogP contribution < -0.4 is 0 Å². The molecule has 0 spiro atoms. The molecule has 0 saturated heterocycles. The summed E-state index contributed by atoms with van der Waals surface area (Å²) in [5.41, 5.74) is 2.87. The quantitative estimate of drug-likeness (QED) is 0.691. The largest absolute Gasteiger partial charge is 0.146 e. The molecule has 0 aliphatic carbocycles. The van der Waals surface area contributed by atoms with Gasteiger partial charge in [-0.15, -0.1) is 11.3 Å². The lowest BCUT2D eigenvalue weighted by molar-refractivity contribution is 1.18. The number of benzene rings is 1. The Kier molecular flexibility index (Phi) is 2.69. The Hall–Kier alpha value is -1.08. The third-order valence-electron chi connectivity index (χ3n) is 2.38. The fourth-order valence-corrected chi connectivity index (χ4v) is 2.62. The first kappa shape index (κ1) is 9.47. The summed E-state index contributed by atoms with van der Waals surface area (Å²) in [6, 6.07) is 12.9. The Morgan fingerprint density at radius 3 is 2.36 bits per heavy atom. The molecule has 0 radical (unpaired) electrons. The van der Waals surface area contributed by atoms with E-state index >= 15 is 0 Å².